The Morgan fingerprint density at radius 1 is 0.923 bits per heavy atom. The van der Waals surface area contributed by atoms with Crippen LogP contribution >= 0.6 is 11.8 Å². The van der Waals surface area contributed by atoms with E-state index in [0.29, 0.717) is 0 Å². The molecular weight excluding hydrogens is 344 g/mol. The van der Waals surface area contributed by atoms with Gasteiger partial charge in [0.2, 0.25) is 0 Å². The Kier molecular flexibility index (Phi) is 5.07. The van der Waals surface area contributed by atoms with Crippen molar-refractivity contribution in [3.8, 4) is 22.5 Å². The van der Waals surface area contributed by atoms with Crippen molar-refractivity contribution in [2.45, 2.75) is 18.1 Å². The minimum Gasteiger partial charge on any atom is -0.332 e. The predicted octanol–water partition coefficient (Wildman–Crippen LogP) is 3.91. The van der Waals surface area contributed by atoms with Gasteiger partial charge in [0.15, 0.2) is 11.5 Å². The number of rotatable bonds is 7. The normalized spacial score (nSPS) is 10.9. The van der Waals surface area contributed by atoms with E-state index < -0.39 is 0 Å². The number of aromatic amines is 1. The van der Waals surface area contributed by atoms with Gasteiger partial charge in [-0.3, -0.25) is 0 Å². The van der Waals surface area contributed by atoms with Crippen LogP contribution in [-0.4, -0.2) is 35.9 Å². The number of tetrazole rings is 1. The Bertz CT molecular complexity index is 878. The summed E-state index contributed by atoms with van der Waals surface area (Å²) in [7, 11) is 0. The van der Waals surface area contributed by atoms with Crippen LogP contribution in [0, 0.1) is 0 Å². The summed E-state index contributed by atoms with van der Waals surface area (Å²) >= 11 is 1.71. The summed E-state index contributed by atoms with van der Waals surface area (Å²) in [6.45, 7) is 0.755. The van der Waals surface area contributed by atoms with Crippen LogP contribution in [0.1, 0.15) is 6.42 Å². The Morgan fingerprint density at radius 3 is 2.35 bits per heavy atom. The molecule has 0 aliphatic rings. The van der Waals surface area contributed by atoms with Crippen molar-refractivity contribution < 1.29 is 0 Å². The Balaban J connectivity index is 1.53. The van der Waals surface area contributed by atoms with Crippen LogP contribution in [0.4, 0.5) is 0 Å². The summed E-state index contributed by atoms with van der Waals surface area (Å²) in [5.74, 6) is 0.928. The molecule has 1 N–H and O–H groups in total. The molecule has 2 aromatic heterocycles. The SMILES string of the molecule is c1ccc(-c2nc(SCCCn3ncnn3)[nH]c2-c2ccccc2)cc1. The average Bonchev–Trinajstić information content (AvgIpc) is 3.37. The van der Waals surface area contributed by atoms with Gasteiger partial charge in [0.05, 0.1) is 17.9 Å². The molecule has 0 unspecified atom stereocenters. The zero-order valence-electron chi connectivity index (χ0n) is 14.1. The first-order chi connectivity index (χ1) is 12.9. The Morgan fingerprint density at radius 2 is 1.65 bits per heavy atom. The van der Waals surface area contributed by atoms with E-state index in [2.05, 4.69) is 44.7 Å². The number of aryl methyl sites for hydroxylation is 1. The molecule has 130 valence electrons. The number of hydrogen-bond donors (Lipinski definition) is 1. The molecule has 0 atom stereocenters. The molecule has 0 radical (unpaired) electrons. The molecule has 4 rings (SSSR count). The van der Waals surface area contributed by atoms with Crippen LogP contribution in [0.3, 0.4) is 0 Å². The van der Waals surface area contributed by atoms with Crippen molar-refractivity contribution in [2.24, 2.45) is 0 Å². The molecule has 0 bridgehead atoms. The minimum absolute atomic E-state index is 0.755. The van der Waals surface area contributed by atoms with E-state index in [-0.39, 0.29) is 0 Å². The highest BCUT2D eigenvalue weighted by atomic mass is 32.2. The van der Waals surface area contributed by atoms with Gasteiger partial charge in [-0.05, 0) is 11.6 Å². The zero-order chi connectivity index (χ0) is 17.6. The monoisotopic (exact) mass is 362 g/mol. The third-order valence-corrected chi connectivity index (χ3v) is 4.88. The van der Waals surface area contributed by atoms with Crippen LogP contribution in [0.15, 0.2) is 72.1 Å². The third kappa shape index (κ3) is 3.83. The van der Waals surface area contributed by atoms with Crippen LogP contribution in [-0.2, 0) is 6.54 Å². The number of nitrogens with zero attached hydrogens (tertiary/aromatic N) is 5. The fourth-order valence-corrected chi connectivity index (χ4v) is 3.50. The highest BCUT2D eigenvalue weighted by Gasteiger charge is 2.14. The summed E-state index contributed by atoms with van der Waals surface area (Å²) in [5, 5.41) is 12.5. The Hall–Kier alpha value is -2.93. The maximum Gasteiger partial charge on any atom is 0.166 e. The summed E-state index contributed by atoms with van der Waals surface area (Å²) in [6, 6.07) is 20.6. The highest BCUT2D eigenvalue weighted by Crippen LogP contribution is 2.32. The fraction of sp³-hybridized carbons (Fsp3) is 0.158. The minimum atomic E-state index is 0.755. The van der Waals surface area contributed by atoms with E-state index in [1.807, 2.05) is 36.4 Å². The van der Waals surface area contributed by atoms with Crippen LogP contribution < -0.4 is 0 Å². The quantitative estimate of drug-likeness (QED) is 0.399. The molecular formula is C19H18N6S. The summed E-state index contributed by atoms with van der Waals surface area (Å²) in [6.07, 6.45) is 2.40. The van der Waals surface area contributed by atoms with Gasteiger partial charge >= 0.3 is 0 Å². The molecule has 7 heteroatoms. The van der Waals surface area contributed by atoms with Crippen molar-refractivity contribution >= 4 is 11.8 Å². The topological polar surface area (TPSA) is 72.3 Å². The van der Waals surface area contributed by atoms with E-state index in [1.54, 1.807) is 16.6 Å². The summed E-state index contributed by atoms with van der Waals surface area (Å²) in [4.78, 5) is 9.94. The summed E-state index contributed by atoms with van der Waals surface area (Å²) < 4.78 is 0. The molecule has 6 nitrogen and oxygen atoms in total. The molecule has 2 aromatic carbocycles. The standard InChI is InChI=1S/C19H18N6S/c1-3-8-15(9-4-1)17-18(16-10-5-2-6-11-16)23-19(22-17)26-13-7-12-25-21-14-20-24-25/h1-6,8-11,14H,7,12-13H2,(H,22,23). The molecule has 26 heavy (non-hydrogen) atoms. The summed E-state index contributed by atoms with van der Waals surface area (Å²) in [5.41, 5.74) is 4.29. The first kappa shape index (κ1) is 16.5. The van der Waals surface area contributed by atoms with Gasteiger partial charge in [0.1, 0.15) is 0 Å². The average molecular weight is 362 g/mol. The van der Waals surface area contributed by atoms with E-state index in [0.717, 1.165) is 46.4 Å². The number of nitrogens with one attached hydrogen (secondary N) is 1. The second-order valence-corrected chi connectivity index (χ2v) is 6.81. The zero-order valence-corrected chi connectivity index (χ0v) is 14.9. The molecule has 2 heterocycles. The maximum absolute atomic E-state index is 4.85. The van der Waals surface area contributed by atoms with Crippen molar-refractivity contribution in [1.82, 2.24) is 30.2 Å². The number of benzene rings is 2. The number of H-pyrrole nitrogens is 1. The molecule has 0 fully saturated rings. The van der Waals surface area contributed by atoms with Gasteiger partial charge < -0.3 is 4.98 Å². The largest absolute Gasteiger partial charge is 0.332 e. The van der Waals surface area contributed by atoms with Crippen LogP contribution in [0.2, 0.25) is 0 Å². The van der Waals surface area contributed by atoms with E-state index >= 15 is 0 Å². The number of thioether (sulfide) groups is 1. The van der Waals surface area contributed by atoms with Gasteiger partial charge in [0, 0.05) is 16.9 Å². The Labute approximate surface area is 155 Å². The molecule has 4 aromatic rings. The fourth-order valence-electron chi connectivity index (χ4n) is 2.70. The highest BCUT2D eigenvalue weighted by molar-refractivity contribution is 7.99. The lowest BCUT2D eigenvalue weighted by molar-refractivity contribution is 0.516. The molecule has 0 amide bonds. The van der Waals surface area contributed by atoms with E-state index in [4.69, 9.17) is 4.98 Å². The predicted molar refractivity (Wildman–Crippen MR) is 103 cm³/mol. The van der Waals surface area contributed by atoms with Crippen molar-refractivity contribution in [2.75, 3.05) is 5.75 Å². The van der Waals surface area contributed by atoms with Gasteiger partial charge in [-0.1, -0.05) is 72.4 Å². The van der Waals surface area contributed by atoms with Crippen LogP contribution in [0.25, 0.3) is 22.5 Å². The smallest absolute Gasteiger partial charge is 0.166 e. The molecule has 0 saturated heterocycles. The molecule has 0 spiro atoms. The lowest BCUT2D eigenvalue weighted by atomic mass is 10.1. The van der Waals surface area contributed by atoms with Crippen molar-refractivity contribution in [3.63, 3.8) is 0 Å². The van der Waals surface area contributed by atoms with Crippen LogP contribution in [0.5, 0.6) is 0 Å². The number of imidazole rings is 1. The second kappa shape index (κ2) is 7.97. The first-order valence-electron chi connectivity index (χ1n) is 8.44. The number of aromatic nitrogens is 6. The van der Waals surface area contributed by atoms with Gasteiger partial charge in [-0.15, -0.1) is 10.2 Å². The van der Waals surface area contributed by atoms with Crippen molar-refractivity contribution in [1.29, 1.82) is 0 Å². The lowest BCUT2D eigenvalue weighted by Gasteiger charge is -2.02. The van der Waals surface area contributed by atoms with Crippen molar-refractivity contribution in [3.05, 3.63) is 67.0 Å². The first-order valence-corrected chi connectivity index (χ1v) is 9.43. The molecule has 0 aliphatic heterocycles. The lowest BCUT2D eigenvalue weighted by Crippen LogP contribution is -2.03. The number of hydrogen-bond acceptors (Lipinski definition) is 5. The second-order valence-electron chi connectivity index (χ2n) is 5.73. The molecule has 0 saturated carbocycles. The maximum atomic E-state index is 4.85. The molecule has 0 aliphatic carbocycles. The van der Waals surface area contributed by atoms with Gasteiger partial charge in [0.25, 0.3) is 0 Å². The van der Waals surface area contributed by atoms with Gasteiger partial charge in [-0.25, -0.2) is 4.98 Å². The third-order valence-electron chi connectivity index (χ3n) is 3.92. The van der Waals surface area contributed by atoms with E-state index in [9.17, 15) is 0 Å². The van der Waals surface area contributed by atoms with E-state index in [1.165, 1.54) is 6.33 Å². The van der Waals surface area contributed by atoms with Gasteiger partial charge in [-0.2, -0.15) is 4.80 Å².